The van der Waals surface area contributed by atoms with Crippen LogP contribution in [0.5, 0.6) is 0 Å². The molecule has 0 heterocycles. The minimum Gasteiger partial charge on any atom is -0.460 e. The number of carbonyl (C=O) groups is 7. The molecule has 1 rings (SSSR count). The van der Waals surface area contributed by atoms with Gasteiger partial charge in [0.25, 0.3) is 0 Å². The number of aliphatic hydroxyl groups excluding tert-OH is 1. The topological polar surface area (TPSA) is 222 Å². The number of esters is 1. The van der Waals surface area contributed by atoms with E-state index < -0.39 is 70.9 Å². The summed E-state index contributed by atoms with van der Waals surface area (Å²) >= 11 is 0. The molecule has 0 unspecified atom stereocenters. The Labute approximate surface area is 312 Å². The van der Waals surface area contributed by atoms with Crippen molar-refractivity contribution in [1.82, 2.24) is 26.2 Å². The molecular formula is C37H60N6O10. The van der Waals surface area contributed by atoms with Gasteiger partial charge in [0.05, 0.1) is 6.61 Å². The molecule has 0 aliphatic carbocycles. The molecule has 0 aliphatic heterocycles. The van der Waals surface area contributed by atoms with Crippen molar-refractivity contribution in [3.63, 3.8) is 0 Å². The first kappa shape index (κ1) is 46.3. The summed E-state index contributed by atoms with van der Waals surface area (Å²) in [5.74, 6) is -3.81. The molecule has 0 aliphatic rings. The zero-order chi connectivity index (χ0) is 40.5. The third kappa shape index (κ3) is 19.6. The number of carbonyl (C=O) groups excluding carboxylic acids is 7. The maximum Gasteiger partial charge on any atom is 0.407 e. The highest BCUT2D eigenvalue weighted by Crippen LogP contribution is 2.14. The van der Waals surface area contributed by atoms with Crippen molar-refractivity contribution in [2.45, 2.75) is 130 Å². The number of hydrogen-bond acceptors (Lipinski definition) is 10. The van der Waals surface area contributed by atoms with Gasteiger partial charge < -0.3 is 46.1 Å². The van der Waals surface area contributed by atoms with Gasteiger partial charge in [-0.1, -0.05) is 26.0 Å². The Morgan fingerprint density at radius 3 is 1.85 bits per heavy atom. The summed E-state index contributed by atoms with van der Waals surface area (Å²) in [4.78, 5) is 91.8. The Morgan fingerprint density at radius 1 is 0.736 bits per heavy atom. The second-order valence-corrected chi connectivity index (χ2v) is 15.2. The van der Waals surface area contributed by atoms with Gasteiger partial charge in [-0.3, -0.25) is 28.8 Å². The van der Waals surface area contributed by atoms with Crippen LogP contribution >= 0.6 is 0 Å². The summed E-state index contributed by atoms with van der Waals surface area (Å²) in [5.41, 5.74) is -0.500. The van der Waals surface area contributed by atoms with E-state index in [9.17, 15) is 38.7 Å². The maximum atomic E-state index is 13.7. The van der Waals surface area contributed by atoms with Crippen molar-refractivity contribution >= 4 is 47.3 Å². The van der Waals surface area contributed by atoms with E-state index in [1.54, 1.807) is 93.8 Å². The molecule has 0 bridgehead atoms. The highest BCUT2D eigenvalue weighted by atomic mass is 16.6. The standard InChI is InChI=1S/C37H60N6O10/c1-23(2)31(42-33(49)26(18-19-30(47)52-36(3,4)5)40-28(45)12-11-13-29(46)43(9)10)34(50)41-27(20-21-38-35(51)53-37(6,7)8)32(48)39-25-16-14-24(22-44)15-17-25/h14-17,23,26-27,31,44H,11-13,18-22H2,1-10H3,(H,38,51)(H,39,48)(H,40,45)(H,41,50)(H,42,49)/t26-,27-,31-/m0/s1. The average Bonchev–Trinajstić information content (AvgIpc) is 3.03. The molecule has 298 valence electrons. The molecule has 0 saturated heterocycles. The third-order valence-corrected chi connectivity index (χ3v) is 7.39. The molecular weight excluding hydrogens is 688 g/mol. The van der Waals surface area contributed by atoms with E-state index in [0.717, 1.165) is 0 Å². The molecule has 6 amide bonds. The van der Waals surface area contributed by atoms with Crippen LogP contribution in [0.1, 0.15) is 99.5 Å². The second kappa shape index (κ2) is 21.7. The number of nitrogens with one attached hydrogen (secondary N) is 5. The second-order valence-electron chi connectivity index (χ2n) is 15.2. The lowest BCUT2D eigenvalue weighted by atomic mass is 10.0. The van der Waals surface area contributed by atoms with Crippen LogP contribution in [0.3, 0.4) is 0 Å². The van der Waals surface area contributed by atoms with E-state index in [0.29, 0.717) is 11.3 Å². The molecule has 0 saturated carbocycles. The van der Waals surface area contributed by atoms with Crippen LogP contribution in [0.15, 0.2) is 24.3 Å². The van der Waals surface area contributed by atoms with Crippen molar-refractivity contribution in [3.8, 4) is 0 Å². The zero-order valence-corrected chi connectivity index (χ0v) is 32.8. The summed E-state index contributed by atoms with van der Waals surface area (Å²) in [6.45, 7) is 13.3. The molecule has 0 spiro atoms. The molecule has 53 heavy (non-hydrogen) atoms. The SMILES string of the molecule is CC(C)[C@H](NC(=O)[C@H](CCC(=O)OC(C)(C)C)NC(=O)CCCC(=O)N(C)C)C(=O)N[C@@H](CCNC(=O)OC(C)(C)C)C(=O)Nc1ccc(CO)cc1. The summed E-state index contributed by atoms with van der Waals surface area (Å²) in [7, 11) is 3.21. The quantitative estimate of drug-likeness (QED) is 0.114. The number of amides is 6. The van der Waals surface area contributed by atoms with Crippen LogP contribution in [-0.2, 0) is 44.8 Å². The van der Waals surface area contributed by atoms with E-state index >= 15 is 0 Å². The Morgan fingerprint density at radius 2 is 1.32 bits per heavy atom. The van der Waals surface area contributed by atoms with Crippen molar-refractivity contribution in [3.05, 3.63) is 29.8 Å². The van der Waals surface area contributed by atoms with E-state index in [-0.39, 0.29) is 57.6 Å². The van der Waals surface area contributed by atoms with Gasteiger partial charge in [-0.25, -0.2) is 4.79 Å². The van der Waals surface area contributed by atoms with Crippen molar-refractivity contribution in [2.24, 2.45) is 5.92 Å². The number of anilines is 1. The third-order valence-electron chi connectivity index (χ3n) is 7.39. The molecule has 3 atom stereocenters. The number of benzene rings is 1. The Kier molecular flexibility index (Phi) is 19.0. The first-order valence-corrected chi connectivity index (χ1v) is 17.8. The molecule has 0 fully saturated rings. The number of aliphatic hydroxyl groups is 1. The van der Waals surface area contributed by atoms with Gasteiger partial charge >= 0.3 is 12.1 Å². The lowest BCUT2D eigenvalue weighted by Crippen LogP contribution is -2.58. The average molecular weight is 749 g/mol. The summed E-state index contributed by atoms with van der Waals surface area (Å²) in [5, 5.41) is 22.6. The summed E-state index contributed by atoms with van der Waals surface area (Å²) < 4.78 is 10.6. The first-order valence-electron chi connectivity index (χ1n) is 17.8. The number of rotatable bonds is 19. The van der Waals surface area contributed by atoms with Crippen LogP contribution in [0, 0.1) is 5.92 Å². The largest absolute Gasteiger partial charge is 0.460 e. The molecule has 0 aromatic heterocycles. The predicted molar refractivity (Wildman–Crippen MR) is 198 cm³/mol. The van der Waals surface area contributed by atoms with Gasteiger partial charge in [0.1, 0.15) is 29.3 Å². The Hall–Kier alpha value is -4.73. The van der Waals surface area contributed by atoms with E-state index in [2.05, 4.69) is 26.6 Å². The number of alkyl carbamates (subject to hydrolysis) is 1. The minimum absolute atomic E-state index is 0.0464. The van der Waals surface area contributed by atoms with Gasteiger partial charge in [-0.15, -0.1) is 0 Å². The fourth-order valence-corrected chi connectivity index (χ4v) is 4.69. The van der Waals surface area contributed by atoms with Gasteiger partial charge in [-0.2, -0.15) is 0 Å². The van der Waals surface area contributed by atoms with Crippen LogP contribution < -0.4 is 26.6 Å². The van der Waals surface area contributed by atoms with E-state index in [1.165, 1.54) is 4.90 Å². The van der Waals surface area contributed by atoms with Gasteiger partial charge in [0, 0.05) is 45.6 Å². The predicted octanol–water partition coefficient (Wildman–Crippen LogP) is 2.52. The summed E-state index contributed by atoms with van der Waals surface area (Å²) in [6.07, 6.45) is -0.793. The molecule has 16 heteroatoms. The highest BCUT2D eigenvalue weighted by molar-refractivity contribution is 5.99. The Balaban J connectivity index is 3.19. The number of nitrogens with zero attached hydrogens (tertiary/aromatic N) is 1. The number of ether oxygens (including phenoxy) is 2. The molecule has 1 aromatic carbocycles. The van der Waals surface area contributed by atoms with Gasteiger partial charge in [-0.05, 0) is 84.4 Å². The van der Waals surface area contributed by atoms with Crippen molar-refractivity contribution in [1.29, 1.82) is 0 Å². The molecule has 16 nitrogen and oxygen atoms in total. The monoisotopic (exact) mass is 748 g/mol. The summed E-state index contributed by atoms with van der Waals surface area (Å²) in [6, 6.07) is 2.83. The van der Waals surface area contributed by atoms with Crippen LogP contribution in [0.2, 0.25) is 0 Å². The lowest BCUT2D eigenvalue weighted by Gasteiger charge is -2.27. The molecule has 6 N–H and O–H groups in total. The number of hydrogen-bond donors (Lipinski definition) is 6. The minimum atomic E-state index is -1.23. The smallest absolute Gasteiger partial charge is 0.407 e. The lowest BCUT2D eigenvalue weighted by molar-refractivity contribution is -0.155. The zero-order valence-electron chi connectivity index (χ0n) is 32.8. The van der Waals surface area contributed by atoms with Gasteiger partial charge in [0.2, 0.25) is 29.5 Å². The molecule has 0 radical (unpaired) electrons. The fraction of sp³-hybridized carbons (Fsp3) is 0.649. The van der Waals surface area contributed by atoms with E-state index in [4.69, 9.17) is 9.47 Å². The van der Waals surface area contributed by atoms with Crippen LogP contribution in [-0.4, -0.2) is 102 Å². The van der Waals surface area contributed by atoms with Crippen LogP contribution in [0.4, 0.5) is 10.5 Å². The highest BCUT2D eigenvalue weighted by Gasteiger charge is 2.32. The Bertz CT molecular complexity index is 1400. The first-order chi connectivity index (χ1) is 24.5. The maximum absolute atomic E-state index is 13.7. The molecule has 1 aromatic rings. The normalized spacial score (nSPS) is 13.1. The van der Waals surface area contributed by atoms with Crippen molar-refractivity contribution < 1.29 is 48.1 Å². The van der Waals surface area contributed by atoms with Crippen LogP contribution in [0.25, 0.3) is 0 Å². The fourth-order valence-electron chi connectivity index (χ4n) is 4.69. The van der Waals surface area contributed by atoms with E-state index in [1.807, 2.05) is 0 Å². The van der Waals surface area contributed by atoms with Gasteiger partial charge in [0.15, 0.2) is 0 Å². The van der Waals surface area contributed by atoms with Crippen molar-refractivity contribution in [2.75, 3.05) is 26.0 Å².